The van der Waals surface area contributed by atoms with E-state index < -0.39 is 11.7 Å². The minimum atomic E-state index is -0.764. The van der Waals surface area contributed by atoms with E-state index in [1.165, 1.54) is 29.2 Å². The van der Waals surface area contributed by atoms with Gasteiger partial charge >= 0.3 is 0 Å². The van der Waals surface area contributed by atoms with Crippen molar-refractivity contribution >= 4 is 5.91 Å². The molecule has 0 aliphatic heterocycles. The van der Waals surface area contributed by atoms with Crippen LogP contribution in [0.4, 0.5) is 4.39 Å². The van der Waals surface area contributed by atoms with Crippen LogP contribution in [0.5, 0.6) is 5.75 Å². The molecule has 0 aromatic heterocycles. The predicted octanol–water partition coefficient (Wildman–Crippen LogP) is 2.36. The van der Waals surface area contributed by atoms with Gasteiger partial charge in [0.2, 0.25) is 0 Å². The fourth-order valence-corrected chi connectivity index (χ4v) is 2.79. The van der Waals surface area contributed by atoms with Gasteiger partial charge in [-0.25, -0.2) is 4.39 Å². The first-order valence-electron chi connectivity index (χ1n) is 7.29. The molecule has 116 valence electrons. The number of halogens is 1. The highest BCUT2D eigenvalue weighted by molar-refractivity contribution is 5.80. The first-order chi connectivity index (χ1) is 9.89. The predicted molar refractivity (Wildman–Crippen MR) is 77.5 cm³/mol. The summed E-state index contributed by atoms with van der Waals surface area (Å²) >= 11 is 0. The van der Waals surface area contributed by atoms with Gasteiger partial charge in [0.1, 0.15) is 11.6 Å². The number of aliphatic hydroxyl groups is 1. The average molecular weight is 295 g/mol. The Morgan fingerprint density at radius 3 is 2.52 bits per heavy atom. The largest absolute Gasteiger partial charge is 0.481 e. The molecule has 0 bridgehead atoms. The monoisotopic (exact) mass is 295 g/mol. The van der Waals surface area contributed by atoms with Gasteiger partial charge in [-0.1, -0.05) is 12.8 Å². The molecule has 1 fully saturated rings. The van der Waals surface area contributed by atoms with E-state index in [2.05, 4.69) is 0 Å². The second-order valence-corrected chi connectivity index (χ2v) is 5.84. The van der Waals surface area contributed by atoms with Crippen molar-refractivity contribution in [2.24, 2.45) is 0 Å². The minimum absolute atomic E-state index is 0.195. The first-order valence-corrected chi connectivity index (χ1v) is 7.29. The number of rotatable bonds is 5. The summed E-state index contributed by atoms with van der Waals surface area (Å²) in [5.74, 6) is -0.0909. The average Bonchev–Trinajstić information content (AvgIpc) is 2.86. The molecule has 1 aromatic carbocycles. The van der Waals surface area contributed by atoms with Gasteiger partial charge in [-0.2, -0.15) is 0 Å². The normalized spacial score (nSPS) is 18.3. The van der Waals surface area contributed by atoms with Gasteiger partial charge in [-0.15, -0.1) is 0 Å². The molecule has 1 aliphatic carbocycles. The van der Waals surface area contributed by atoms with Gasteiger partial charge in [-0.3, -0.25) is 4.79 Å². The molecule has 1 atom stereocenters. The van der Waals surface area contributed by atoms with E-state index in [4.69, 9.17) is 4.74 Å². The fraction of sp³-hybridized carbons (Fsp3) is 0.562. The Labute approximate surface area is 124 Å². The van der Waals surface area contributed by atoms with E-state index in [0.717, 1.165) is 25.7 Å². The van der Waals surface area contributed by atoms with Gasteiger partial charge in [0, 0.05) is 13.6 Å². The maximum absolute atomic E-state index is 12.8. The molecule has 0 heterocycles. The summed E-state index contributed by atoms with van der Waals surface area (Å²) in [7, 11) is 1.67. The van der Waals surface area contributed by atoms with Crippen LogP contribution in [0.2, 0.25) is 0 Å². The summed E-state index contributed by atoms with van der Waals surface area (Å²) in [5.41, 5.74) is -0.764. The molecule has 5 heteroatoms. The molecule has 4 nitrogen and oxygen atoms in total. The van der Waals surface area contributed by atoms with Crippen LogP contribution in [0.15, 0.2) is 24.3 Å². The summed E-state index contributed by atoms with van der Waals surface area (Å²) in [6, 6.07) is 5.56. The van der Waals surface area contributed by atoms with Gasteiger partial charge in [-0.05, 0) is 44.0 Å². The Morgan fingerprint density at radius 2 is 1.95 bits per heavy atom. The zero-order valence-electron chi connectivity index (χ0n) is 12.5. The summed E-state index contributed by atoms with van der Waals surface area (Å²) in [5, 5.41) is 10.3. The topological polar surface area (TPSA) is 49.8 Å². The lowest BCUT2D eigenvalue weighted by Gasteiger charge is -2.30. The van der Waals surface area contributed by atoms with Crippen molar-refractivity contribution in [3.05, 3.63) is 30.1 Å². The molecule has 1 aliphatic rings. The van der Waals surface area contributed by atoms with Crippen molar-refractivity contribution in [1.82, 2.24) is 4.90 Å². The molecule has 0 spiro atoms. The van der Waals surface area contributed by atoms with Crippen LogP contribution < -0.4 is 4.74 Å². The van der Waals surface area contributed by atoms with Crippen molar-refractivity contribution in [3.63, 3.8) is 0 Å². The molecule has 21 heavy (non-hydrogen) atoms. The Bertz CT molecular complexity index is 483. The number of carbonyl (C=O) groups is 1. The molecule has 1 aromatic rings. The lowest BCUT2D eigenvalue weighted by atomic mass is 10.0. The molecule has 1 amide bonds. The van der Waals surface area contributed by atoms with Gasteiger partial charge < -0.3 is 14.7 Å². The van der Waals surface area contributed by atoms with Crippen molar-refractivity contribution in [2.45, 2.75) is 44.3 Å². The number of ether oxygens (including phenoxy) is 1. The summed E-state index contributed by atoms with van der Waals surface area (Å²) in [4.78, 5) is 13.8. The lowest BCUT2D eigenvalue weighted by molar-refractivity contribution is -0.139. The molecule has 2 rings (SSSR count). The molecule has 0 saturated heterocycles. The third-order valence-electron chi connectivity index (χ3n) is 3.92. The highest BCUT2D eigenvalue weighted by Gasteiger charge is 2.34. The lowest BCUT2D eigenvalue weighted by Crippen LogP contribution is -2.46. The highest BCUT2D eigenvalue weighted by Crippen LogP contribution is 2.30. The molecule has 1 N–H and O–H groups in total. The van der Waals surface area contributed by atoms with E-state index in [-0.39, 0.29) is 11.7 Å². The number of hydrogen-bond donors (Lipinski definition) is 1. The number of amides is 1. The quantitative estimate of drug-likeness (QED) is 0.907. The van der Waals surface area contributed by atoms with Crippen LogP contribution in [-0.2, 0) is 4.79 Å². The van der Waals surface area contributed by atoms with Gasteiger partial charge in [0.15, 0.2) is 6.10 Å². The van der Waals surface area contributed by atoms with Crippen LogP contribution >= 0.6 is 0 Å². The van der Waals surface area contributed by atoms with E-state index >= 15 is 0 Å². The first kappa shape index (κ1) is 15.8. The highest BCUT2D eigenvalue weighted by atomic mass is 19.1. The number of carbonyl (C=O) groups excluding carboxylic acids is 1. The number of nitrogens with zero attached hydrogens (tertiary/aromatic N) is 1. The van der Waals surface area contributed by atoms with Gasteiger partial charge in [0.25, 0.3) is 5.91 Å². The SMILES string of the molecule is CC(Oc1ccc(F)cc1)C(=O)N(C)CC1(O)CCCC1. The zero-order chi connectivity index (χ0) is 15.5. The number of likely N-dealkylation sites (N-methyl/N-ethyl adjacent to an activating group) is 1. The Kier molecular flexibility index (Phi) is 4.83. The third kappa shape index (κ3) is 4.17. The molecule has 0 radical (unpaired) electrons. The summed E-state index contributed by atoms with van der Waals surface area (Å²) in [6.45, 7) is 1.98. The summed E-state index contributed by atoms with van der Waals surface area (Å²) < 4.78 is 18.3. The zero-order valence-corrected chi connectivity index (χ0v) is 12.5. The molecular weight excluding hydrogens is 273 g/mol. The van der Waals surface area contributed by atoms with Crippen LogP contribution in [0.3, 0.4) is 0 Å². The van der Waals surface area contributed by atoms with Crippen LogP contribution in [0, 0.1) is 5.82 Å². The van der Waals surface area contributed by atoms with Crippen LogP contribution in [0.25, 0.3) is 0 Å². The van der Waals surface area contributed by atoms with E-state index in [0.29, 0.717) is 12.3 Å². The van der Waals surface area contributed by atoms with Crippen molar-refractivity contribution in [3.8, 4) is 5.75 Å². The molecular formula is C16H22FNO3. The second-order valence-electron chi connectivity index (χ2n) is 5.84. The van der Waals surface area contributed by atoms with Crippen molar-refractivity contribution in [2.75, 3.05) is 13.6 Å². The van der Waals surface area contributed by atoms with E-state index in [1.807, 2.05) is 0 Å². The van der Waals surface area contributed by atoms with Crippen molar-refractivity contribution in [1.29, 1.82) is 0 Å². The third-order valence-corrected chi connectivity index (χ3v) is 3.92. The minimum Gasteiger partial charge on any atom is -0.481 e. The van der Waals surface area contributed by atoms with E-state index in [1.54, 1.807) is 14.0 Å². The maximum atomic E-state index is 12.8. The molecule has 1 unspecified atom stereocenters. The standard InChI is InChI=1S/C16H22FNO3/c1-12(21-14-7-5-13(17)6-8-14)15(19)18(2)11-16(20)9-3-4-10-16/h5-8,12,20H,3-4,9-11H2,1-2H3. The molecule has 1 saturated carbocycles. The van der Waals surface area contributed by atoms with E-state index in [9.17, 15) is 14.3 Å². The van der Waals surface area contributed by atoms with Gasteiger partial charge in [0.05, 0.1) is 5.60 Å². The smallest absolute Gasteiger partial charge is 0.263 e. The van der Waals surface area contributed by atoms with Crippen LogP contribution in [0.1, 0.15) is 32.6 Å². The number of benzene rings is 1. The summed E-state index contributed by atoms with van der Waals surface area (Å²) in [6.07, 6.45) is 2.79. The Balaban J connectivity index is 1.90. The van der Waals surface area contributed by atoms with Crippen LogP contribution in [-0.4, -0.2) is 41.2 Å². The second kappa shape index (κ2) is 6.43. The fourth-order valence-electron chi connectivity index (χ4n) is 2.79. The Hall–Kier alpha value is -1.62. The Morgan fingerprint density at radius 1 is 1.38 bits per heavy atom. The van der Waals surface area contributed by atoms with Crippen molar-refractivity contribution < 1.29 is 19.0 Å². The maximum Gasteiger partial charge on any atom is 0.263 e. The number of hydrogen-bond acceptors (Lipinski definition) is 3.